The summed E-state index contributed by atoms with van der Waals surface area (Å²) in [7, 11) is 0. The summed E-state index contributed by atoms with van der Waals surface area (Å²) in [6, 6.07) is 80.1. The standard InChI is InChI=1S/C58H37N5/c1-5-17-38(18-6-1)55-57-56(60-58(59-55)41-31-34-53-48(37-41)46-26-14-16-28-51(46)62(53)43-21-9-3-10-22-43)49-36-40(30-33-54(49)63(57)44-23-11-4-12-24-44)39-29-32-52-47(35-39)45-25-13-15-27-50(45)61(52)42-19-7-2-8-20-42/h1-37H. The number of nitrogens with zero attached hydrogens (tertiary/aromatic N) is 5. The van der Waals surface area contributed by atoms with Crippen LogP contribution in [-0.2, 0) is 0 Å². The molecule has 13 aromatic rings. The number of hydrogen-bond donors (Lipinski definition) is 0. The minimum Gasteiger partial charge on any atom is -0.309 e. The molecule has 0 amide bonds. The van der Waals surface area contributed by atoms with Crippen LogP contribution in [0.25, 0.3) is 116 Å². The van der Waals surface area contributed by atoms with Gasteiger partial charge in [0.2, 0.25) is 0 Å². The van der Waals surface area contributed by atoms with Crippen LogP contribution in [0.1, 0.15) is 0 Å². The normalized spacial score (nSPS) is 11.8. The molecule has 0 fully saturated rings. The molecule has 0 aliphatic rings. The van der Waals surface area contributed by atoms with Crippen molar-refractivity contribution in [3.8, 4) is 50.8 Å². The minimum absolute atomic E-state index is 0.687. The summed E-state index contributed by atoms with van der Waals surface area (Å²) in [6.07, 6.45) is 0. The van der Waals surface area contributed by atoms with Crippen LogP contribution in [0.5, 0.6) is 0 Å². The van der Waals surface area contributed by atoms with Crippen molar-refractivity contribution in [1.29, 1.82) is 0 Å². The van der Waals surface area contributed by atoms with Gasteiger partial charge in [0.15, 0.2) is 5.82 Å². The molecular weight excluding hydrogens is 767 g/mol. The fourth-order valence-electron chi connectivity index (χ4n) is 9.82. The molecule has 0 N–H and O–H groups in total. The smallest absolute Gasteiger partial charge is 0.160 e. The van der Waals surface area contributed by atoms with Gasteiger partial charge in [0, 0.05) is 55.1 Å². The molecule has 0 spiro atoms. The largest absolute Gasteiger partial charge is 0.309 e. The zero-order chi connectivity index (χ0) is 41.4. The number of fused-ring (bicyclic) bond motifs is 9. The third-order valence-electron chi connectivity index (χ3n) is 12.6. The fourth-order valence-corrected chi connectivity index (χ4v) is 9.82. The highest BCUT2D eigenvalue weighted by atomic mass is 15.0. The molecule has 63 heavy (non-hydrogen) atoms. The molecule has 0 saturated heterocycles. The lowest BCUT2D eigenvalue weighted by atomic mass is 10.0. The summed E-state index contributed by atoms with van der Waals surface area (Å²) in [6.45, 7) is 0. The van der Waals surface area contributed by atoms with E-state index in [9.17, 15) is 0 Å². The van der Waals surface area contributed by atoms with Crippen molar-refractivity contribution in [2.75, 3.05) is 0 Å². The molecule has 4 aromatic heterocycles. The molecule has 0 aliphatic heterocycles. The van der Waals surface area contributed by atoms with Crippen LogP contribution < -0.4 is 0 Å². The summed E-state index contributed by atoms with van der Waals surface area (Å²) in [5.41, 5.74) is 16.2. The van der Waals surface area contributed by atoms with Gasteiger partial charge >= 0.3 is 0 Å². The van der Waals surface area contributed by atoms with Gasteiger partial charge in [-0.1, -0.05) is 133 Å². The Morgan fingerprint density at radius 3 is 1.21 bits per heavy atom. The maximum absolute atomic E-state index is 5.58. The Balaban J connectivity index is 1.07. The molecule has 0 saturated carbocycles. The van der Waals surface area contributed by atoms with Crippen molar-refractivity contribution in [1.82, 2.24) is 23.7 Å². The van der Waals surface area contributed by atoms with E-state index in [1.54, 1.807) is 0 Å². The summed E-state index contributed by atoms with van der Waals surface area (Å²) < 4.78 is 7.05. The van der Waals surface area contributed by atoms with Crippen molar-refractivity contribution in [3.05, 3.63) is 224 Å². The second-order valence-corrected chi connectivity index (χ2v) is 16.2. The van der Waals surface area contributed by atoms with E-state index in [4.69, 9.17) is 9.97 Å². The topological polar surface area (TPSA) is 40.6 Å². The lowest BCUT2D eigenvalue weighted by molar-refractivity contribution is 1.15. The molecule has 0 bridgehead atoms. The van der Waals surface area contributed by atoms with Gasteiger partial charge in [0.25, 0.3) is 0 Å². The highest BCUT2D eigenvalue weighted by Crippen LogP contribution is 2.42. The van der Waals surface area contributed by atoms with E-state index in [2.05, 4.69) is 238 Å². The van der Waals surface area contributed by atoms with E-state index in [1.165, 1.54) is 32.7 Å². The molecular formula is C58H37N5. The van der Waals surface area contributed by atoms with E-state index >= 15 is 0 Å². The Bertz CT molecular complexity index is 3880. The van der Waals surface area contributed by atoms with Gasteiger partial charge in [-0.15, -0.1) is 0 Å². The summed E-state index contributed by atoms with van der Waals surface area (Å²) in [5, 5.41) is 5.87. The van der Waals surface area contributed by atoms with E-state index in [-0.39, 0.29) is 0 Å². The molecule has 0 atom stereocenters. The molecule has 0 radical (unpaired) electrons. The van der Waals surface area contributed by atoms with E-state index < -0.39 is 0 Å². The summed E-state index contributed by atoms with van der Waals surface area (Å²) in [4.78, 5) is 11.1. The van der Waals surface area contributed by atoms with Gasteiger partial charge in [-0.05, 0) is 102 Å². The zero-order valence-corrected chi connectivity index (χ0v) is 34.1. The number of rotatable bonds is 6. The highest BCUT2D eigenvalue weighted by molar-refractivity contribution is 6.15. The van der Waals surface area contributed by atoms with Gasteiger partial charge < -0.3 is 13.7 Å². The zero-order valence-electron chi connectivity index (χ0n) is 34.1. The van der Waals surface area contributed by atoms with Crippen LogP contribution in [0, 0.1) is 0 Å². The van der Waals surface area contributed by atoms with E-state index in [0.717, 1.165) is 77.8 Å². The average molecular weight is 804 g/mol. The number of aromatic nitrogens is 5. The van der Waals surface area contributed by atoms with Crippen molar-refractivity contribution in [2.45, 2.75) is 0 Å². The van der Waals surface area contributed by atoms with E-state index in [0.29, 0.717) is 5.82 Å². The third-order valence-corrected chi connectivity index (χ3v) is 12.6. The lowest BCUT2D eigenvalue weighted by Crippen LogP contribution is -1.99. The second kappa shape index (κ2) is 14.0. The minimum atomic E-state index is 0.687. The van der Waals surface area contributed by atoms with Crippen LogP contribution in [0.3, 0.4) is 0 Å². The lowest BCUT2D eigenvalue weighted by Gasteiger charge is -2.12. The molecule has 4 heterocycles. The first-order chi connectivity index (χ1) is 31.3. The Morgan fingerprint density at radius 1 is 0.270 bits per heavy atom. The van der Waals surface area contributed by atoms with Crippen LogP contribution in [0.2, 0.25) is 0 Å². The second-order valence-electron chi connectivity index (χ2n) is 16.2. The van der Waals surface area contributed by atoms with Gasteiger partial charge in [-0.2, -0.15) is 0 Å². The maximum Gasteiger partial charge on any atom is 0.160 e. The van der Waals surface area contributed by atoms with Gasteiger partial charge in [-0.3, -0.25) is 0 Å². The number of para-hydroxylation sites is 5. The third kappa shape index (κ3) is 5.50. The van der Waals surface area contributed by atoms with Crippen molar-refractivity contribution < 1.29 is 0 Å². The molecule has 5 nitrogen and oxygen atoms in total. The summed E-state index contributed by atoms with van der Waals surface area (Å²) >= 11 is 0. The molecule has 5 heteroatoms. The number of hydrogen-bond acceptors (Lipinski definition) is 2. The van der Waals surface area contributed by atoms with Crippen molar-refractivity contribution in [3.63, 3.8) is 0 Å². The fraction of sp³-hybridized carbons (Fsp3) is 0. The molecule has 0 aliphatic carbocycles. The van der Waals surface area contributed by atoms with Crippen LogP contribution >= 0.6 is 0 Å². The molecule has 294 valence electrons. The Kier molecular flexibility index (Phi) is 7.84. The van der Waals surface area contributed by atoms with Gasteiger partial charge in [0.1, 0.15) is 5.52 Å². The molecule has 13 rings (SSSR count). The Labute approximate surface area is 363 Å². The van der Waals surface area contributed by atoms with E-state index in [1.807, 2.05) is 0 Å². The van der Waals surface area contributed by atoms with Crippen LogP contribution in [0.4, 0.5) is 0 Å². The average Bonchev–Trinajstić information content (AvgIpc) is 4.00. The summed E-state index contributed by atoms with van der Waals surface area (Å²) in [5.74, 6) is 0.687. The number of benzene rings is 9. The quantitative estimate of drug-likeness (QED) is 0.168. The van der Waals surface area contributed by atoms with Crippen LogP contribution in [-0.4, -0.2) is 23.7 Å². The Hall–Kier alpha value is -8.54. The van der Waals surface area contributed by atoms with Gasteiger partial charge in [-0.25, -0.2) is 9.97 Å². The highest BCUT2D eigenvalue weighted by Gasteiger charge is 2.23. The van der Waals surface area contributed by atoms with Crippen molar-refractivity contribution in [2.24, 2.45) is 0 Å². The predicted octanol–water partition coefficient (Wildman–Crippen LogP) is 14.8. The molecule has 0 unspecified atom stereocenters. The van der Waals surface area contributed by atoms with Crippen LogP contribution in [0.15, 0.2) is 224 Å². The SMILES string of the molecule is c1ccc(-c2nc(-c3ccc4c(c3)c3ccccc3n4-c3ccccc3)nc3c4cc(-c5ccc6c(c5)c5ccccc5n6-c5ccccc5)ccc4n(-c4ccccc4)c23)cc1. The Morgan fingerprint density at radius 2 is 0.667 bits per heavy atom. The van der Waals surface area contributed by atoms with Gasteiger partial charge in [0.05, 0.1) is 38.8 Å². The monoisotopic (exact) mass is 803 g/mol. The predicted molar refractivity (Wildman–Crippen MR) is 261 cm³/mol. The maximum atomic E-state index is 5.58. The first-order valence-electron chi connectivity index (χ1n) is 21.4. The van der Waals surface area contributed by atoms with Crippen molar-refractivity contribution >= 4 is 65.5 Å². The first-order valence-corrected chi connectivity index (χ1v) is 21.4. The molecule has 9 aromatic carbocycles. The first kappa shape index (κ1) is 35.2.